The van der Waals surface area contributed by atoms with E-state index in [2.05, 4.69) is 25.8 Å². The number of benzene rings is 1. The molecule has 2 N–H and O–H groups in total. The lowest BCUT2D eigenvalue weighted by molar-refractivity contribution is 0.0931. The molecule has 2 heterocycles. The summed E-state index contributed by atoms with van der Waals surface area (Å²) in [5.41, 5.74) is 1.68. The van der Waals surface area contributed by atoms with Gasteiger partial charge in [-0.3, -0.25) is 9.48 Å². The van der Waals surface area contributed by atoms with Crippen molar-refractivity contribution in [3.05, 3.63) is 54.5 Å². The van der Waals surface area contributed by atoms with Gasteiger partial charge in [-0.25, -0.2) is 0 Å². The number of nitrogens with one attached hydrogen (secondary N) is 2. The minimum Gasteiger partial charge on any atom is -0.346 e. The van der Waals surface area contributed by atoms with Crippen molar-refractivity contribution in [2.45, 2.75) is 19.5 Å². The molecule has 0 radical (unpaired) electrons. The van der Waals surface area contributed by atoms with Gasteiger partial charge in [0.15, 0.2) is 5.69 Å². The first kappa shape index (κ1) is 14.0. The zero-order valence-corrected chi connectivity index (χ0v) is 12.1. The molecule has 1 amide bonds. The molecule has 1 atom stereocenters. The smallest absolute Gasteiger partial charge is 0.274 e. The third-order valence-electron chi connectivity index (χ3n) is 3.21. The van der Waals surface area contributed by atoms with Crippen LogP contribution in [0.2, 0.25) is 0 Å². The second-order valence-corrected chi connectivity index (χ2v) is 4.99. The van der Waals surface area contributed by atoms with Crippen LogP contribution in [0.5, 0.6) is 0 Å². The van der Waals surface area contributed by atoms with E-state index >= 15 is 0 Å². The zero-order chi connectivity index (χ0) is 15.4. The molecule has 7 nitrogen and oxygen atoms in total. The average molecular weight is 296 g/mol. The van der Waals surface area contributed by atoms with Crippen LogP contribution in [-0.4, -0.2) is 37.1 Å². The maximum atomic E-state index is 12.4. The number of hydrogen-bond donors (Lipinski definition) is 2. The van der Waals surface area contributed by atoms with Crippen molar-refractivity contribution in [1.29, 1.82) is 0 Å². The Hall–Kier alpha value is -2.96. The van der Waals surface area contributed by atoms with Crippen molar-refractivity contribution < 1.29 is 4.79 Å². The summed E-state index contributed by atoms with van der Waals surface area (Å²) >= 11 is 0. The van der Waals surface area contributed by atoms with Crippen LogP contribution in [-0.2, 0) is 6.54 Å². The lowest BCUT2D eigenvalue weighted by Gasteiger charge is -2.13. The standard InChI is InChI=1S/C15H16N6O/c1-11(10-21-9-5-8-16-21)17-15(22)14-13(18-20-19-14)12-6-3-2-4-7-12/h2-9,11H,10H2,1H3,(H,17,22)(H,18,19,20)/t11-/m0/s1. The van der Waals surface area contributed by atoms with Gasteiger partial charge in [0.2, 0.25) is 0 Å². The number of nitrogens with zero attached hydrogens (tertiary/aromatic N) is 4. The van der Waals surface area contributed by atoms with E-state index in [1.165, 1.54) is 0 Å². The van der Waals surface area contributed by atoms with E-state index in [1.807, 2.05) is 49.5 Å². The zero-order valence-electron chi connectivity index (χ0n) is 12.1. The highest BCUT2D eigenvalue weighted by Crippen LogP contribution is 2.18. The van der Waals surface area contributed by atoms with Crippen LogP contribution in [0.4, 0.5) is 0 Å². The summed E-state index contributed by atoms with van der Waals surface area (Å²) in [5.74, 6) is -0.257. The summed E-state index contributed by atoms with van der Waals surface area (Å²) in [7, 11) is 0. The van der Waals surface area contributed by atoms with Gasteiger partial charge in [0.1, 0.15) is 5.69 Å². The van der Waals surface area contributed by atoms with Crippen molar-refractivity contribution in [3.8, 4) is 11.3 Å². The monoisotopic (exact) mass is 296 g/mol. The third kappa shape index (κ3) is 3.03. The summed E-state index contributed by atoms with van der Waals surface area (Å²) in [4.78, 5) is 12.4. The molecule has 1 aromatic carbocycles. The van der Waals surface area contributed by atoms with E-state index in [1.54, 1.807) is 10.9 Å². The van der Waals surface area contributed by atoms with Crippen molar-refractivity contribution in [2.24, 2.45) is 0 Å². The number of aromatic nitrogens is 5. The fourth-order valence-corrected chi connectivity index (χ4v) is 2.21. The van der Waals surface area contributed by atoms with E-state index in [0.717, 1.165) is 5.56 Å². The molecule has 112 valence electrons. The molecule has 0 unspecified atom stereocenters. The molecule has 7 heteroatoms. The second-order valence-electron chi connectivity index (χ2n) is 4.99. The number of amides is 1. The van der Waals surface area contributed by atoms with Gasteiger partial charge in [0, 0.05) is 24.0 Å². The molecule has 22 heavy (non-hydrogen) atoms. The van der Waals surface area contributed by atoms with Gasteiger partial charge in [0.25, 0.3) is 5.91 Å². The van der Waals surface area contributed by atoms with Gasteiger partial charge in [-0.2, -0.15) is 20.5 Å². The highest BCUT2D eigenvalue weighted by molar-refractivity contribution is 5.97. The van der Waals surface area contributed by atoms with Crippen LogP contribution in [0.25, 0.3) is 11.3 Å². The molecule has 0 aliphatic carbocycles. The Morgan fingerprint density at radius 2 is 2.09 bits per heavy atom. The normalized spacial score (nSPS) is 12.0. The fourth-order valence-electron chi connectivity index (χ4n) is 2.21. The van der Waals surface area contributed by atoms with Crippen LogP contribution >= 0.6 is 0 Å². The number of carbonyl (C=O) groups is 1. The predicted molar refractivity (Wildman–Crippen MR) is 81.0 cm³/mol. The molecule has 0 bridgehead atoms. The molecular formula is C15H16N6O. The van der Waals surface area contributed by atoms with E-state index in [9.17, 15) is 4.79 Å². The lowest BCUT2D eigenvalue weighted by atomic mass is 10.1. The van der Waals surface area contributed by atoms with Crippen LogP contribution in [0.15, 0.2) is 48.8 Å². The molecule has 0 aliphatic rings. The molecule has 0 fully saturated rings. The highest BCUT2D eigenvalue weighted by Gasteiger charge is 2.19. The number of hydrogen-bond acceptors (Lipinski definition) is 4. The van der Waals surface area contributed by atoms with Gasteiger partial charge >= 0.3 is 0 Å². The first-order valence-corrected chi connectivity index (χ1v) is 6.98. The Morgan fingerprint density at radius 1 is 1.27 bits per heavy atom. The summed E-state index contributed by atoms with van der Waals surface area (Å²) in [6.07, 6.45) is 3.56. The van der Waals surface area contributed by atoms with Crippen molar-refractivity contribution in [1.82, 2.24) is 30.5 Å². The van der Waals surface area contributed by atoms with E-state index in [4.69, 9.17) is 0 Å². The Morgan fingerprint density at radius 3 is 2.82 bits per heavy atom. The van der Waals surface area contributed by atoms with Crippen LogP contribution in [0.3, 0.4) is 0 Å². The minimum absolute atomic E-state index is 0.0762. The summed E-state index contributed by atoms with van der Waals surface area (Å²) in [6, 6.07) is 11.3. The van der Waals surface area contributed by atoms with Crippen molar-refractivity contribution >= 4 is 5.91 Å². The Balaban J connectivity index is 1.72. The van der Waals surface area contributed by atoms with E-state index in [0.29, 0.717) is 17.9 Å². The Bertz CT molecular complexity index is 735. The summed E-state index contributed by atoms with van der Waals surface area (Å²) in [6.45, 7) is 2.51. The average Bonchev–Trinajstić information content (AvgIpc) is 3.18. The van der Waals surface area contributed by atoms with Gasteiger partial charge in [-0.1, -0.05) is 30.3 Å². The van der Waals surface area contributed by atoms with E-state index < -0.39 is 0 Å². The highest BCUT2D eigenvalue weighted by atomic mass is 16.2. The van der Waals surface area contributed by atoms with Crippen LogP contribution < -0.4 is 5.32 Å². The fraction of sp³-hybridized carbons (Fsp3) is 0.200. The number of rotatable bonds is 5. The second kappa shape index (κ2) is 6.21. The number of H-pyrrole nitrogens is 1. The largest absolute Gasteiger partial charge is 0.346 e. The summed E-state index contributed by atoms with van der Waals surface area (Å²) < 4.78 is 1.77. The topological polar surface area (TPSA) is 88.5 Å². The third-order valence-corrected chi connectivity index (χ3v) is 3.21. The Labute approximate surface area is 127 Å². The quantitative estimate of drug-likeness (QED) is 0.746. The molecule has 2 aromatic heterocycles. The first-order valence-electron chi connectivity index (χ1n) is 6.98. The SMILES string of the molecule is C[C@@H](Cn1cccn1)NC(=O)c1n[nH]nc1-c1ccccc1. The van der Waals surface area contributed by atoms with Crippen molar-refractivity contribution in [2.75, 3.05) is 0 Å². The maximum absolute atomic E-state index is 12.4. The molecule has 0 saturated carbocycles. The minimum atomic E-state index is -0.257. The number of carbonyl (C=O) groups excluding carboxylic acids is 1. The first-order chi connectivity index (χ1) is 10.7. The number of aromatic amines is 1. The lowest BCUT2D eigenvalue weighted by Crippen LogP contribution is -2.36. The predicted octanol–water partition coefficient (Wildman–Crippen LogP) is 1.49. The molecule has 0 saturated heterocycles. The van der Waals surface area contributed by atoms with Gasteiger partial charge in [-0.05, 0) is 13.0 Å². The molecule has 0 aliphatic heterocycles. The molecular weight excluding hydrogens is 280 g/mol. The van der Waals surface area contributed by atoms with Crippen LogP contribution in [0.1, 0.15) is 17.4 Å². The molecule has 0 spiro atoms. The van der Waals surface area contributed by atoms with Gasteiger partial charge < -0.3 is 5.32 Å². The molecule has 3 aromatic rings. The van der Waals surface area contributed by atoms with Gasteiger partial charge in [0.05, 0.1) is 6.54 Å². The summed E-state index contributed by atoms with van der Waals surface area (Å²) in [5, 5.41) is 17.6. The maximum Gasteiger partial charge on any atom is 0.274 e. The molecule has 3 rings (SSSR count). The van der Waals surface area contributed by atoms with Crippen molar-refractivity contribution in [3.63, 3.8) is 0 Å². The Kier molecular flexibility index (Phi) is 3.95. The van der Waals surface area contributed by atoms with Gasteiger partial charge in [-0.15, -0.1) is 0 Å². The van der Waals surface area contributed by atoms with Crippen LogP contribution in [0, 0.1) is 0 Å². The van der Waals surface area contributed by atoms with E-state index in [-0.39, 0.29) is 11.9 Å².